The molecular formula is C11H18O2. The number of carbonyl (C=O) groups is 2. The Kier molecular flexibility index (Phi) is 4.13. The van der Waals surface area contributed by atoms with Crippen LogP contribution in [0, 0.1) is 5.92 Å². The van der Waals surface area contributed by atoms with Crippen molar-refractivity contribution in [2.75, 3.05) is 0 Å². The number of Topliss-reactive ketones (excluding diaryl/α,β-unsaturated/α-hetero) is 2. The normalized spacial score (nSPS) is 22.2. The lowest BCUT2D eigenvalue weighted by Gasteiger charge is -2.05. The molecule has 13 heavy (non-hydrogen) atoms. The number of ketones is 2. The molecule has 1 unspecified atom stereocenters. The molecule has 0 aromatic rings. The molecule has 0 saturated heterocycles. The number of unbranched alkanes of at least 4 members (excludes halogenated alkanes) is 2. The van der Waals surface area contributed by atoms with Gasteiger partial charge >= 0.3 is 0 Å². The summed E-state index contributed by atoms with van der Waals surface area (Å²) in [5, 5.41) is 0. The second-order valence-electron chi connectivity index (χ2n) is 3.90. The van der Waals surface area contributed by atoms with Crippen LogP contribution in [-0.2, 0) is 9.59 Å². The average molecular weight is 182 g/mol. The van der Waals surface area contributed by atoms with Crippen LogP contribution in [0.15, 0.2) is 0 Å². The molecule has 0 N–H and O–H groups in total. The van der Waals surface area contributed by atoms with Crippen molar-refractivity contribution in [2.45, 2.75) is 51.9 Å². The fourth-order valence-corrected chi connectivity index (χ4v) is 1.84. The summed E-state index contributed by atoms with van der Waals surface area (Å²) in [5.74, 6) is 0.664. The molecule has 2 nitrogen and oxygen atoms in total. The van der Waals surface area contributed by atoms with Crippen molar-refractivity contribution in [2.24, 2.45) is 5.92 Å². The Morgan fingerprint density at radius 3 is 2.77 bits per heavy atom. The molecule has 1 aliphatic rings. The van der Waals surface area contributed by atoms with Gasteiger partial charge in [0.25, 0.3) is 0 Å². The SMILES string of the molecule is CCCCCC(=O)C1CCC(=O)C1. The Labute approximate surface area is 79.7 Å². The summed E-state index contributed by atoms with van der Waals surface area (Å²) < 4.78 is 0. The van der Waals surface area contributed by atoms with E-state index in [0.29, 0.717) is 25.0 Å². The predicted octanol–water partition coefficient (Wildman–Crippen LogP) is 2.51. The molecule has 0 amide bonds. The Morgan fingerprint density at radius 1 is 1.46 bits per heavy atom. The van der Waals surface area contributed by atoms with E-state index in [-0.39, 0.29) is 11.7 Å². The number of carbonyl (C=O) groups excluding carboxylic acids is 2. The van der Waals surface area contributed by atoms with Crippen LogP contribution in [0.2, 0.25) is 0 Å². The van der Waals surface area contributed by atoms with Crippen molar-refractivity contribution < 1.29 is 9.59 Å². The molecule has 0 aromatic heterocycles. The lowest BCUT2D eigenvalue weighted by molar-refractivity contribution is -0.124. The van der Waals surface area contributed by atoms with Crippen LogP contribution in [0.5, 0.6) is 0 Å². The molecule has 0 heterocycles. The molecule has 0 aliphatic heterocycles. The maximum atomic E-state index is 11.5. The van der Waals surface area contributed by atoms with Crippen LogP contribution in [0.4, 0.5) is 0 Å². The van der Waals surface area contributed by atoms with Gasteiger partial charge in [0.2, 0.25) is 0 Å². The van der Waals surface area contributed by atoms with E-state index in [1.807, 2.05) is 0 Å². The summed E-state index contributed by atoms with van der Waals surface area (Å²) in [5.41, 5.74) is 0. The lowest BCUT2D eigenvalue weighted by Crippen LogP contribution is -2.10. The van der Waals surface area contributed by atoms with Gasteiger partial charge in [0, 0.05) is 25.2 Å². The molecule has 0 bridgehead atoms. The minimum atomic E-state index is 0.0735. The first-order valence-corrected chi connectivity index (χ1v) is 5.28. The van der Waals surface area contributed by atoms with Gasteiger partial charge in [0.05, 0.1) is 0 Å². The third-order valence-electron chi connectivity index (χ3n) is 2.73. The van der Waals surface area contributed by atoms with Crippen LogP contribution in [0.25, 0.3) is 0 Å². The van der Waals surface area contributed by atoms with Gasteiger partial charge in [-0.2, -0.15) is 0 Å². The second-order valence-corrected chi connectivity index (χ2v) is 3.90. The van der Waals surface area contributed by atoms with Crippen LogP contribution in [0.3, 0.4) is 0 Å². The summed E-state index contributed by atoms with van der Waals surface area (Å²) in [7, 11) is 0. The number of hydrogen-bond donors (Lipinski definition) is 0. The van der Waals surface area contributed by atoms with Crippen LogP contribution < -0.4 is 0 Å². The summed E-state index contributed by atoms with van der Waals surface area (Å²) >= 11 is 0. The van der Waals surface area contributed by atoms with Gasteiger partial charge in [-0.25, -0.2) is 0 Å². The first kappa shape index (κ1) is 10.4. The summed E-state index contributed by atoms with van der Waals surface area (Å²) in [6.07, 6.45) is 5.92. The van der Waals surface area contributed by atoms with E-state index in [2.05, 4.69) is 6.92 Å². The molecule has 1 saturated carbocycles. The largest absolute Gasteiger partial charge is 0.300 e. The fraction of sp³-hybridized carbons (Fsp3) is 0.818. The van der Waals surface area contributed by atoms with Gasteiger partial charge in [-0.05, 0) is 12.8 Å². The third-order valence-corrected chi connectivity index (χ3v) is 2.73. The van der Waals surface area contributed by atoms with Crippen molar-refractivity contribution in [3.05, 3.63) is 0 Å². The minimum absolute atomic E-state index is 0.0735. The molecule has 1 rings (SSSR count). The second kappa shape index (κ2) is 5.15. The standard InChI is InChI=1S/C11H18O2/c1-2-3-4-5-11(13)9-6-7-10(12)8-9/h9H,2-8H2,1H3. The number of hydrogen-bond acceptors (Lipinski definition) is 2. The molecule has 74 valence electrons. The Morgan fingerprint density at radius 2 is 2.23 bits per heavy atom. The van der Waals surface area contributed by atoms with Crippen molar-refractivity contribution in [1.29, 1.82) is 0 Å². The topological polar surface area (TPSA) is 34.1 Å². The van der Waals surface area contributed by atoms with E-state index in [0.717, 1.165) is 25.7 Å². The van der Waals surface area contributed by atoms with Crippen molar-refractivity contribution in [3.63, 3.8) is 0 Å². The van der Waals surface area contributed by atoms with Crippen LogP contribution >= 0.6 is 0 Å². The zero-order chi connectivity index (χ0) is 9.68. The highest BCUT2D eigenvalue weighted by Crippen LogP contribution is 2.24. The molecule has 1 atom stereocenters. The van der Waals surface area contributed by atoms with Crippen molar-refractivity contribution >= 4 is 11.6 Å². The highest BCUT2D eigenvalue weighted by Gasteiger charge is 2.27. The van der Waals surface area contributed by atoms with Gasteiger partial charge in [-0.3, -0.25) is 9.59 Å². The summed E-state index contributed by atoms with van der Waals surface area (Å²) in [6.45, 7) is 2.13. The zero-order valence-electron chi connectivity index (χ0n) is 8.34. The maximum absolute atomic E-state index is 11.5. The molecule has 0 spiro atoms. The van der Waals surface area contributed by atoms with E-state index < -0.39 is 0 Å². The van der Waals surface area contributed by atoms with E-state index >= 15 is 0 Å². The smallest absolute Gasteiger partial charge is 0.136 e. The first-order valence-electron chi connectivity index (χ1n) is 5.28. The number of rotatable bonds is 5. The monoisotopic (exact) mass is 182 g/mol. The highest BCUT2D eigenvalue weighted by atomic mass is 16.1. The maximum Gasteiger partial charge on any atom is 0.136 e. The highest BCUT2D eigenvalue weighted by molar-refractivity contribution is 5.90. The molecule has 0 radical (unpaired) electrons. The van der Waals surface area contributed by atoms with Crippen LogP contribution in [-0.4, -0.2) is 11.6 Å². The van der Waals surface area contributed by atoms with Gasteiger partial charge in [-0.1, -0.05) is 19.8 Å². The molecule has 1 aliphatic carbocycles. The molecule has 0 aromatic carbocycles. The average Bonchev–Trinajstić information content (AvgIpc) is 2.52. The third kappa shape index (κ3) is 3.29. The zero-order valence-corrected chi connectivity index (χ0v) is 8.34. The first-order chi connectivity index (χ1) is 6.24. The van der Waals surface area contributed by atoms with Crippen LogP contribution in [0.1, 0.15) is 51.9 Å². The van der Waals surface area contributed by atoms with E-state index in [1.165, 1.54) is 0 Å². The Bertz CT molecular complexity index is 196. The lowest BCUT2D eigenvalue weighted by atomic mass is 9.98. The van der Waals surface area contributed by atoms with Crippen molar-refractivity contribution in [3.8, 4) is 0 Å². The van der Waals surface area contributed by atoms with Gasteiger partial charge in [-0.15, -0.1) is 0 Å². The van der Waals surface area contributed by atoms with E-state index in [9.17, 15) is 9.59 Å². The van der Waals surface area contributed by atoms with Gasteiger partial charge < -0.3 is 0 Å². The predicted molar refractivity (Wildman–Crippen MR) is 51.5 cm³/mol. The molecule has 1 fully saturated rings. The van der Waals surface area contributed by atoms with Gasteiger partial charge in [0.15, 0.2) is 0 Å². The minimum Gasteiger partial charge on any atom is -0.300 e. The summed E-state index contributed by atoms with van der Waals surface area (Å²) in [4.78, 5) is 22.4. The quantitative estimate of drug-likeness (QED) is 0.612. The van der Waals surface area contributed by atoms with Crippen molar-refractivity contribution in [1.82, 2.24) is 0 Å². The van der Waals surface area contributed by atoms with E-state index in [1.54, 1.807) is 0 Å². The Balaban J connectivity index is 2.20. The molecular weight excluding hydrogens is 164 g/mol. The van der Waals surface area contributed by atoms with E-state index in [4.69, 9.17) is 0 Å². The fourth-order valence-electron chi connectivity index (χ4n) is 1.84. The summed E-state index contributed by atoms with van der Waals surface area (Å²) in [6, 6.07) is 0. The Hall–Kier alpha value is -0.660. The van der Waals surface area contributed by atoms with Gasteiger partial charge in [0.1, 0.15) is 11.6 Å². The molecule has 2 heteroatoms.